The molecule has 2 aliphatic rings. The van der Waals surface area contributed by atoms with Crippen LogP contribution in [0.2, 0.25) is 0 Å². The fourth-order valence-corrected chi connectivity index (χ4v) is 5.33. The molecule has 0 saturated carbocycles. The third-order valence-electron chi connectivity index (χ3n) is 5.22. The average Bonchev–Trinajstić information content (AvgIpc) is 2.97. The quantitative estimate of drug-likeness (QED) is 0.896. The summed E-state index contributed by atoms with van der Waals surface area (Å²) in [4.78, 5) is 8.89. The van der Waals surface area contributed by atoms with Gasteiger partial charge in [-0.15, -0.1) is 11.3 Å². The molecule has 3 rings (SSSR count). The van der Waals surface area contributed by atoms with E-state index in [1.807, 2.05) is 11.3 Å². The van der Waals surface area contributed by atoms with Crippen LogP contribution < -0.4 is 5.32 Å². The van der Waals surface area contributed by atoms with Gasteiger partial charge in [0.1, 0.15) is 0 Å². The number of nitrogens with one attached hydrogen (secondary N) is 1. The van der Waals surface area contributed by atoms with Gasteiger partial charge in [-0.3, -0.25) is 4.90 Å². The lowest BCUT2D eigenvalue weighted by Crippen LogP contribution is -2.49. The Labute approximate surface area is 133 Å². The summed E-state index contributed by atoms with van der Waals surface area (Å²) in [5.74, 6) is 0. The molecule has 0 radical (unpaired) electrons. The van der Waals surface area contributed by atoms with Gasteiger partial charge in [0.05, 0.1) is 10.7 Å². The van der Waals surface area contributed by atoms with Crippen molar-refractivity contribution in [3.63, 3.8) is 0 Å². The van der Waals surface area contributed by atoms with E-state index in [0.717, 1.165) is 18.1 Å². The van der Waals surface area contributed by atoms with E-state index in [-0.39, 0.29) is 0 Å². The number of rotatable bonds is 5. The number of aromatic nitrogens is 1. The van der Waals surface area contributed by atoms with Crippen LogP contribution in [0.25, 0.3) is 0 Å². The zero-order valence-electron chi connectivity index (χ0n) is 13.9. The molecule has 1 N–H and O–H groups in total. The summed E-state index contributed by atoms with van der Waals surface area (Å²) >= 11 is 1.89. The van der Waals surface area contributed by atoms with Crippen molar-refractivity contribution in [2.75, 3.05) is 6.54 Å². The van der Waals surface area contributed by atoms with Gasteiger partial charge in [-0.1, -0.05) is 6.92 Å². The maximum atomic E-state index is 4.64. The van der Waals surface area contributed by atoms with Crippen molar-refractivity contribution in [3.05, 3.63) is 15.6 Å². The molecule has 0 spiro atoms. The van der Waals surface area contributed by atoms with Gasteiger partial charge < -0.3 is 5.32 Å². The Morgan fingerprint density at radius 2 is 1.95 bits per heavy atom. The van der Waals surface area contributed by atoms with Crippen molar-refractivity contribution >= 4 is 11.3 Å². The van der Waals surface area contributed by atoms with Crippen LogP contribution in [-0.4, -0.2) is 34.6 Å². The van der Waals surface area contributed by atoms with Crippen molar-refractivity contribution in [2.24, 2.45) is 0 Å². The van der Waals surface area contributed by atoms with Crippen molar-refractivity contribution in [3.8, 4) is 0 Å². The van der Waals surface area contributed by atoms with Gasteiger partial charge in [-0.2, -0.15) is 0 Å². The minimum Gasteiger partial charge on any atom is -0.311 e. The van der Waals surface area contributed by atoms with Gasteiger partial charge in [0.15, 0.2) is 0 Å². The van der Waals surface area contributed by atoms with Crippen LogP contribution in [0.5, 0.6) is 0 Å². The molecule has 0 aliphatic carbocycles. The van der Waals surface area contributed by atoms with Gasteiger partial charge in [-0.25, -0.2) is 4.98 Å². The molecule has 1 aromatic heterocycles. The number of aryl methyl sites for hydroxylation is 2. The first-order chi connectivity index (χ1) is 10.1. The molecule has 21 heavy (non-hydrogen) atoms. The zero-order valence-corrected chi connectivity index (χ0v) is 14.7. The van der Waals surface area contributed by atoms with E-state index in [1.165, 1.54) is 54.2 Å². The molecule has 0 amide bonds. The van der Waals surface area contributed by atoms with Gasteiger partial charge in [0.25, 0.3) is 0 Å². The lowest BCUT2D eigenvalue weighted by molar-refractivity contribution is 0.102. The number of hydrogen-bond acceptors (Lipinski definition) is 4. The number of fused-ring (bicyclic) bond motifs is 2. The number of thiazole rings is 1. The Balaban J connectivity index is 1.78. The van der Waals surface area contributed by atoms with E-state index in [1.54, 1.807) is 0 Å². The standard InChI is InChI=1S/C17H29N3S/c1-5-8-20(12(3)17-11(2)18-13(4)21-17)16-9-14-6-7-15(10-16)19-14/h12,14-16,19H,5-10H2,1-4H3. The average molecular weight is 308 g/mol. The second-order valence-electron chi connectivity index (χ2n) is 6.86. The minimum atomic E-state index is 0.513. The molecule has 3 unspecified atom stereocenters. The monoisotopic (exact) mass is 307 g/mol. The molecule has 2 saturated heterocycles. The highest BCUT2D eigenvalue weighted by Crippen LogP contribution is 2.36. The topological polar surface area (TPSA) is 28.2 Å². The summed E-state index contributed by atoms with van der Waals surface area (Å²) in [6, 6.07) is 2.80. The predicted octanol–water partition coefficient (Wildman–Crippen LogP) is 3.82. The number of piperidine rings is 1. The van der Waals surface area contributed by atoms with E-state index in [2.05, 4.69) is 42.9 Å². The summed E-state index contributed by atoms with van der Waals surface area (Å²) in [6.45, 7) is 10.2. The molecular formula is C17H29N3S. The van der Waals surface area contributed by atoms with Crippen LogP contribution in [0.15, 0.2) is 0 Å². The normalized spacial score (nSPS) is 30.0. The van der Waals surface area contributed by atoms with Crippen LogP contribution in [0.3, 0.4) is 0 Å². The van der Waals surface area contributed by atoms with Crippen molar-refractivity contribution in [1.29, 1.82) is 0 Å². The van der Waals surface area contributed by atoms with Crippen LogP contribution in [0.4, 0.5) is 0 Å². The smallest absolute Gasteiger partial charge is 0.0900 e. The lowest BCUT2D eigenvalue weighted by Gasteiger charge is -2.41. The Morgan fingerprint density at radius 1 is 1.29 bits per heavy atom. The number of hydrogen-bond donors (Lipinski definition) is 1. The Morgan fingerprint density at radius 3 is 2.48 bits per heavy atom. The second-order valence-corrected chi connectivity index (χ2v) is 8.09. The Hall–Kier alpha value is -0.450. The largest absolute Gasteiger partial charge is 0.311 e. The summed E-state index contributed by atoms with van der Waals surface area (Å²) in [5.41, 5.74) is 1.24. The lowest BCUT2D eigenvalue weighted by atomic mass is 9.96. The highest BCUT2D eigenvalue weighted by atomic mass is 32.1. The highest BCUT2D eigenvalue weighted by Gasteiger charge is 2.37. The number of nitrogens with zero attached hydrogens (tertiary/aromatic N) is 2. The fourth-order valence-electron chi connectivity index (χ4n) is 4.33. The maximum Gasteiger partial charge on any atom is 0.0900 e. The summed E-state index contributed by atoms with van der Waals surface area (Å²) in [5, 5.41) is 4.98. The SMILES string of the molecule is CCCN(C1CC2CCC(C1)N2)C(C)c1sc(C)nc1C. The first-order valence-corrected chi connectivity index (χ1v) is 9.35. The molecule has 2 fully saturated rings. The third kappa shape index (κ3) is 3.17. The van der Waals surface area contributed by atoms with Gasteiger partial charge in [0, 0.05) is 29.0 Å². The van der Waals surface area contributed by atoms with Gasteiger partial charge in [-0.05, 0) is 59.4 Å². The van der Waals surface area contributed by atoms with E-state index in [4.69, 9.17) is 0 Å². The van der Waals surface area contributed by atoms with Crippen molar-refractivity contribution in [1.82, 2.24) is 15.2 Å². The van der Waals surface area contributed by atoms with E-state index >= 15 is 0 Å². The first kappa shape index (κ1) is 15.4. The van der Waals surface area contributed by atoms with Crippen molar-refractivity contribution in [2.45, 2.75) is 84.0 Å². The second kappa shape index (κ2) is 6.35. The van der Waals surface area contributed by atoms with Gasteiger partial charge >= 0.3 is 0 Å². The molecule has 2 aliphatic heterocycles. The molecule has 3 atom stereocenters. The molecule has 3 nitrogen and oxygen atoms in total. The minimum absolute atomic E-state index is 0.513. The van der Waals surface area contributed by atoms with Crippen LogP contribution in [0, 0.1) is 13.8 Å². The van der Waals surface area contributed by atoms with Crippen LogP contribution >= 0.6 is 11.3 Å². The third-order valence-corrected chi connectivity index (χ3v) is 6.46. The predicted molar refractivity (Wildman–Crippen MR) is 90.0 cm³/mol. The Kier molecular flexibility index (Phi) is 4.67. The summed E-state index contributed by atoms with van der Waals surface area (Å²) in [6.07, 6.45) is 6.66. The van der Waals surface area contributed by atoms with Crippen LogP contribution in [-0.2, 0) is 0 Å². The van der Waals surface area contributed by atoms with Crippen LogP contribution in [0.1, 0.15) is 67.6 Å². The molecule has 2 bridgehead atoms. The molecule has 4 heteroatoms. The fraction of sp³-hybridized carbons (Fsp3) is 0.824. The van der Waals surface area contributed by atoms with E-state index in [9.17, 15) is 0 Å². The molecule has 3 heterocycles. The van der Waals surface area contributed by atoms with Crippen molar-refractivity contribution < 1.29 is 0 Å². The molecular weight excluding hydrogens is 278 g/mol. The zero-order chi connectivity index (χ0) is 15.0. The maximum absolute atomic E-state index is 4.64. The van der Waals surface area contributed by atoms with E-state index in [0.29, 0.717) is 6.04 Å². The van der Waals surface area contributed by atoms with E-state index < -0.39 is 0 Å². The highest BCUT2D eigenvalue weighted by molar-refractivity contribution is 7.11. The Bertz CT molecular complexity index is 472. The van der Waals surface area contributed by atoms with Gasteiger partial charge in [0.2, 0.25) is 0 Å². The molecule has 0 aromatic carbocycles. The summed E-state index contributed by atoms with van der Waals surface area (Å²) < 4.78 is 0. The molecule has 118 valence electrons. The first-order valence-electron chi connectivity index (χ1n) is 8.54. The summed E-state index contributed by atoms with van der Waals surface area (Å²) in [7, 11) is 0. The molecule has 1 aromatic rings.